The first-order valence-electron chi connectivity index (χ1n) is 8.70. The second-order valence-electron chi connectivity index (χ2n) is 6.48. The van der Waals surface area contributed by atoms with E-state index in [2.05, 4.69) is 53.4 Å². The molecule has 0 aliphatic carbocycles. The monoisotopic (exact) mass is 344 g/mol. The SMILES string of the molecule is O=C(O)N1CC(c2ccc(N(c3ccccc3)c3ccccc3)cc2)C1. The van der Waals surface area contributed by atoms with Crippen LogP contribution in [0.4, 0.5) is 21.9 Å². The van der Waals surface area contributed by atoms with Crippen molar-refractivity contribution >= 4 is 23.2 Å². The zero-order chi connectivity index (χ0) is 17.9. The Kier molecular flexibility index (Phi) is 4.32. The van der Waals surface area contributed by atoms with Crippen molar-refractivity contribution in [3.8, 4) is 0 Å². The summed E-state index contributed by atoms with van der Waals surface area (Å²) in [5.41, 5.74) is 4.48. The van der Waals surface area contributed by atoms with Crippen molar-refractivity contribution in [2.45, 2.75) is 5.92 Å². The number of carbonyl (C=O) groups is 1. The molecule has 0 aromatic heterocycles. The van der Waals surface area contributed by atoms with Crippen LogP contribution in [0.15, 0.2) is 84.9 Å². The molecule has 0 bridgehead atoms. The molecule has 1 heterocycles. The van der Waals surface area contributed by atoms with Crippen LogP contribution in [0.3, 0.4) is 0 Å². The second-order valence-corrected chi connectivity index (χ2v) is 6.48. The largest absolute Gasteiger partial charge is 0.465 e. The molecule has 4 rings (SSSR count). The summed E-state index contributed by atoms with van der Waals surface area (Å²) in [7, 11) is 0. The van der Waals surface area contributed by atoms with Gasteiger partial charge in [0.25, 0.3) is 0 Å². The van der Waals surface area contributed by atoms with Gasteiger partial charge in [0, 0.05) is 36.1 Å². The Bertz CT molecular complexity index is 834. The molecule has 1 aliphatic heterocycles. The molecular weight excluding hydrogens is 324 g/mol. The Morgan fingerprint density at radius 2 is 1.23 bits per heavy atom. The van der Waals surface area contributed by atoms with Gasteiger partial charge in [0.2, 0.25) is 0 Å². The van der Waals surface area contributed by atoms with Gasteiger partial charge in [-0.15, -0.1) is 0 Å². The van der Waals surface area contributed by atoms with Gasteiger partial charge in [-0.25, -0.2) is 4.79 Å². The fourth-order valence-corrected chi connectivity index (χ4v) is 3.34. The van der Waals surface area contributed by atoms with E-state index >= 15 is 0 Å². The van der Waals surface area contributed by atoms with Crippen molar-refractivity contribution < 1.29 is 9.90 Å². The summed E-state index contributed by atoms with van der Waals surface area (Å²) in [6.45, 7) is 1.16. The van der Waals surface area contributed by atoms with Gasteiger partial charge < -0.3 is 14.9 Å². The first-order chi connectivity index (χ1) is 12.7. The number of amides is 1. The summed E-state index contributed by atoms with van der Waals surface area (Å²) in [4.78, 5) is 14.6. The molecule has 130 valence electrons. The molecule has 4 heteroatoms. The molecule has 3 aromatic carbocycles. The molecule has 1 N–H and O–H groups in total. The fourth-order valence-electron chi connectivity index (χ4n) is 3.34. The Hall–Kier alpha value is -3.27. The third kappa shape index (κ3) is 3.14. The van der Waals surface area contributed by atoms with Gasteiger partial charge in [0.15, 0.2) is 0 Å². The summed E-state index contributed by atoms with van der Waals surface area (Å²) in [6, 6.07) is 29.0. The lowest BCUT2D eigenvalue weighted by atomic mass is 9.91. The van der Waals surface area contributed by atoms with Gasteiger partial charge in [-0.2, -0.15) is 0 Å². The number of nitrogens with zero attached hydrogens (tertiary/aromatic N) is 2. The maximum absolute atomic E-state index is 10.9. The maximum atomic E-state index is 10.9. The number of likely N-dealkylation sites (tertiary alicyclic amines) is 1. The van der Waals surface area contributed by atoms with Crippen molar-refractivity contribution in [2.75, 3.05) is 18.0 Å². The maximum Gasteiger partial charge on any atom is 0.407 e. The van der Waals surface area contributed by atoms with Crippen LogP contribution >= 0.6 is 0 Å². The van der Waals surface area contributed by atoms with Gasteiger partial charge in [-0.3, -0.25) is 0 Å². The summed E-state index contributed by atoms with van der Waals surface area (Å²) in [5, 5.41) is 8.99. The number of hydrogen-bond donors (Lipinski definition) is 1. The average Bonchev–Trinajstić information content (AvgIpc) is 2.63. The van der Waals surface area contributed by atoms with Crippen LogP contribution in [-0.4, -0.2) is 29.2 Å². The molecule has 1 aliphatic rings. The van der Waals surface area contributed by atoms with Crippen molar-refractivity contribution in [1.29, 1.82) is 0 Å². The topological polar surface area (TPSA) is 43.8 Å². The van der Waals surface area contributed by atoms with E-state index in [0.717, 1.165) is 17.1 Å². The Morgan fingerprint density at radius 1 is 0.769 bits per heavy atom. The Balaban J connectivity index is 1.62. The van der Waals surface area contributed by atoms with Crippen molar-refractivity contribution in [3.05, 3.63) is 90.5 Å². The Labute approximate surface area is 152 Å². The molecule has 1 fully saturated rings. The zero-order valence-electron chi connectivity index (χ0n) is 14.3. The molecule has 0 spiro atoms. The molecule has 1 amide bonds. The fraction of sp³-hybridized carbons (Fsp3) is 0.136. The zero-order valence-corrected chi connectivity index (χ0v) is 14.3. The standard InChI is InChI=1S/C22H20N2O2/c25-22(26)23-15-18(16-23)17-11-13-21(14-12-17)24(19-7-3-1-4-8-19)20-9-5-2-6-10-20/h1-14,18H,15-16H2,(H,25,26). The van der Waals surface area contributed by atoms with E-state index in [9.17, 15) is 4.79 Å². The Morgan fingerprint density at radius 3 is 1.69 bits per heavy atom. The molecule has 4 nitrogen and oxygen atoms in total. The summed E-state index contributed by atoms with van der Waals surface area (Å²) in [5.74, 6) is 0.294. The normalized spacial score (nSPS) is 13.9. The van der Waals surface area contributed by atoms with Crippen LogP contribution in [0.25, 0.3) is 0 Å². The van der Waals surface area contributed by atoms with E-state index in [1.807, 2.05) is 36.4 Å². The number of benzene rings is 3. The molecule has 0 atom stereocenters. The number of rotatable bonds is 4. The van der Waals surface area contributed by atoms with Gasteiger partial charge in [-0.1, -0.05) is 48.5 Å². The number of hydrogen-bond acceptors (Lipinski definition) is 2. The summed E-state index contributed by atoms with van der Waals surface area (Å²) >= 11 is 0. The smallest absolute Gasteiger partial charge is 0.407 e. The van der Waals surface area contributed by atoms with Crippen LogP contribution in [-0.2, 0) is 0 Å². The molecule has 0 saturated carbocycles. The van der Waals surface area contributed by atoms with Gasteiger partial charge in [0.1, 0.15) is 0 Å². The number of anilines is 3. The van der Waals surface area contributed by atoms with Crippen LogP contribution in [0, 0.1) is 0 Å². The third-order valence-electron chi connectivity index (χ3n) is 4.80. The lowest BCUT2D eigenvalue weighted by Crippen LogP contribution is -2.47. The van der Waals surface area contributed by atoms with Crippen LogP contribution < -0.4 is 4.90 Å². The minimum absolute atomic E-state index is 0.294. The van der Waals surface area contributed by atoms with Crippen LogP contribution in [0.1, 0.15) is 11.5 Å². The van der Waals surface area contributed by atoms with Crippen LogP contribution in [0.2, 0.25) is 0 Å². The number of para-hydroxylation sites is 2. The molecule has 3 aromatic rings. The minimum atomic E-state index is -0.836. The molecular formula is C22H20N2O2. The van der Waals surface area contributed by atoms with E-state index in [-0.39, 0.29) is 0 Å². The van der Waals surface area contributed by atoms with Crippen molar-refractivity contribution in [3.63, 3.8) is 0 Å². The highest BCUT2D eigenvalue weighted by atomic mass is 16.4. The van der Waals surface area contributed by atoms with E-state index in [1.54, 1.807) is 0 Å². The van der Waals surface area contributed by atoms with E-state index in [0.29, 0.717) is 19.0 Å². The van der Waals surface area contributed by atoms with Gasteiger partial charge >= 0.3 is 6.09 Å². The summed E-state index contributed by atoms with van der Waals surface area (Å²) in [6.07, 6.45) is -0.836. The molecule has 26 heavy (non-hydrogen) atoms. The highest BCUT2D eigenvalue weighted by molar-refractivity contribution is 5.76. The predicted octanol–water partition coefficient (Wildman–Crippen LogP) is 5.23. The van der Waals surface area contributed by atoms with Gasteiger partial charge in [-0.05, 0) is 42.0 Å². The number of carboxylic acid groups (broad SMARTS) is 1. The van der Waals surface area contributed by atoms with E-state index in [1.165, 1.54) is 10.5 Å². The summed E-state index contributed by atoms with van der Waals surface area (Å²) < 4.78 is 0. The first kappa shape index (κ1) is 16.2. The first-order valence-corrected chi connectivity index (χ1v) is 8.70. The predicted molar refractivity (Wildman–Crippen MR) is 103 cm³/mol. The molecule has 0 radical (unpaired) electrons. The third-order valence-corrected chi connectivity index (χ3v) is 4.80. The van der Waals surface area contributed by atoms with Crippen molar-refractivity contribution in [2.24, 2.45) is 0 Å². The van der Waals surface area contributed by atoms with Gasteiger partial charge in [0.05, 0.1) is 0 Å². The van der Waals surface area contributed by atoms with Crippen molar-refractivity contribution in [1.82, 2.24) is 4.90 Å². The molecule has 0 unspecified atom stereocenters. The molecule has 1 saturated heterocycles. The van der Waals surface area contributed by atoms with E-state index in [4.69, 9.17) is 5.11 Å². The highest BCUT2D eigenvalue weighted by Crippen LogP contribution is 2.35. The lowest BCUT2D eigenvalue weighted by molar-refractivity contribution is 0.105. The second kappa shape index (κ2) is 6.92. The lowest BCUT2D eigenvalue weighted by Gasteiger charge is -2.37. The highest BCUT2D eigenvalue weighted by Gasteiger charge is 2.31. The quantitative estimate of drug-likeness (QED) is 0.704. The minimum Gasteiger partial charge on any atom is -0.465 e. The average molecular weight is 344 g/mol. The van der Waals surface area contributed by atoms with Crippen LogP contribution in [0.5, 0.6) is 0 Å². The van der Waals surface area contributed by atoms with E-state index < -0.39 is 6.09 Å².